The summed E-state index contributed by atoms with van der Waals surface area (Å²) in [5.41, 5.74) is 1.65. The summed E-state index contributed by atoms with van der Waals surface area (Å²) < 4.78 is 18.2. The Kier molecular flexibility index (Phi) is 5.32. The molecule has 0 atom stereocenters. The highest BCUT2D eigenvalue weighted by molar-refractivity contribution is 5.91. The van der Waals surface area contributed by atoms with E-state index in [1.807, 2.05) is 25.1 Å². The molecular formula is C17H18FNO2. The molecule has 0 aliphatic carbocycles. The van der Waals surface area contributed by atoms with E-state index in [4.69, 9.17) is 4.74 Å². The van der Waals surface area contributed by atoms with Crippen LogP contribution in [0.25, 0.3) is 0 Å². The molecule has 0 spiro atoms. The van der Waals surface area contributed by atoms with Gasteiger partial charge in [-0.3, -0.25) is 4.79 Å². The van der Waals surface area contributed by atoms with Crippen LogP contribution < -0.4 is 10.1 Å². The molecule has 2 rings (SSSR count). The third kappa shape index (κ3) is 4.91. The highest BCUT2D eigenvalue weighted by Crippen LogP contribution is 2.17. The second-order valence-electron chi connectivity index (χ2n) is 4.64. The Hall–Kier alpha value is -2.36. The molecule has 1 N–H and O–H groups in total. The third-order valence-corrected chi connectivity index (χ3v) is 2.98. The van der Waals surface area contributed by atoms with Crippen molar-refractivity contribution in [1.29, 1.82) is 0 Å². The number of nitrogens with one attached hydrogen (secondary N) is 1. The summed E-state index contributed by atoms with van der Waals surface area (Å²) in [6, 6.07) is 13.5. The van der Waals surface area contributed by atoms with Gasteiger partial charge >= 0.3 is 0 Å². The van der Waals surface area contributed by atoms with Crippen molar-refractivity contribution in [1.82, 2.24) is 0 Å². The predicted molar refractivity (Wildman–Crippen MR) is 81.0 cm³/mol. The van der Waals surface area contributed by atoms with Gasteiger partial charge in [0, 0.05) is 18.2 Å². The van der Waals surface area contributed by atoms with Crippen LogP contribution in [0.4, 0.5) is 10.1 Å². The van der Waals surface area contributed by atoms with Crippen molar-refractivity contribution in [2.24, 2.45) is 0 Å². The van der Waals surface area contributed by atoms with Crippen LogP contribution in [0, 0.1) is 5.82 Å². The van der Waals surface area contributed by atoms with Gasteiger partial charge < -0.3 is 10.1 Å². The second-order valence-corrected chi connectivity index (χ2v) is 4.64. The highest BCUT2D eigenvalue weighted by Gasteiger charge is 2.04. The van der Waals surface area contributed by atoms with Gasteiger partial charge in [0.25, 0.3) is 0 Å². The van der Waals surface area contributed by atoms with Gasteiger partial charge in [-0.15, -0.1) is 0 Å². The maximum atomic E-state index is 12.8. The van der Waals surface area contributed by atoms with E-state index >= 15 is 0 Å². The van der Waals surface area contributed by atoms with Crippen molar-refractivity contribution in [3.05, 3.63) is 59.9 Å². The smallest absolute Gasteiger partial charge is 0.224 e. The van der Waals surface area contributed by atoms with E-state index < -0.39 is 0 Å². The van der Waals surface area contributed by atoms with Crippen molar-refractivity contribution < 1.29 is 13.9 Å². The van der Waals surface area contributed by atoms with Crippen molar-refractivity contribution >= 4 is 11.6 Å². The number of anilines is 1. The number of amides is 1. The average molecular weight is 287 g/mol. The van der Waals surface area contributed by atoms with Crippen LogP contribution >= 0.6 is 0 Å². The first kappa shape index (κ1) is 15.0. The Morgan fingerprint density at radius 3 is 2.67 bits per heavy atom. The molecule has 1 amide bonds. The summed E-state index contributed by atoms with van der Waals surface area (Å²) in [5, 5.41) is 2.83. The molecule has 0 aliphatic heterocycles. The molecule has 0 aliphatic rings. The fourth-order valence-corrected chi connectivity index (χ4v) is 1.96. The standard InChI is InChI=1S/C17H18FNO2/c1-2-21-16-5-3-4-15(12-16)19-17(20)11-8-13-6-9-14(18)10-7-13/h3-7,9-10,12H,2,8,11H2,1H3,(H,19,20). The number of halogens is 1. The minimum Gasteiger partial charge on any atom is -0.494 e. The zero-order chi connectivity index (χ0) is 15.1. The molecule has 2 aromatic rings. The van der Waals surface area contributed by atoms with Crippen molar-refractivity contribution in [2.75, 3.05) is 11.9 Å². The molecule has 0 unspecified atom stereocenters. The Bertz CT molecular complexity index is 596. The average Bonchev–Trinajstić information content (AvgIpc) is 2.47. The summed E-state index contributed by atoms with van der Waals surface area (Å²) >= 11 is 0. The summed E-state index contributed by atoms with van der Waals surface area (Å²) in [6.07, 6.45) is 0.932. The lowest BCUT2D eigenvalue weighted by Crippen LogP contribution is -2.12. The quantitative estimate of drug-likeness (QED) is 0.877. The first-order chi connectivity index (χ1) is 10.2. The van der Waals surface area contributed by atoms with Crippen molar-refractivity contribution in [3.8, 4) is 5.75 Å². The molecule has 110 valence electrons. The minimum atomic E-state index is -0.268. The van der Waals surface area contributed by atoms with E-state index in [-0.39, 0.29) is 11.7 Å². The zero-order valence-electron chi connectivity index (χ0n) is 11.9. The number of hydrogen-bond donors (Lipinski definition) is 1. The largest absolute Gasteiger partial charge is 0.494 e. The van der Waals surface area contributed by atoms with Gasteiger partial charge in [-0.25, -0.2) is 4.39 Å². The van der Waals surface area contributed by atoms with Gasteiger partial charge in [0.05, 0.1) is 6.61 Å². The topological polar surface area (TPSA) is 38.3 Å². The fraction of sp³-hybridized carbons (Fsp3) is 0.235. The molecule has 2 aromatic carbocycles. The Morgan fingerprint density at radius 1 is 1.19 bits per heavy atom. The predicted octanol–water partition coefficient (Wildman–Crippen LogP) is 3.80. The summed E-state index contributed by atoms with van der Waals surface area (Å²) in [6.45, 7) is 2.50. The number of carbonyl (C=O) groups excluding carboxylic acids is 1. The summed E-state index contributed by atoms with van der Waals surface area (Å²) in [4.78, 5) is 11.9. The third-order valence-electron chi connectivity index (χ3n) is 2.98. The number of benzene rings is 2. The van der Waals surface area contributed by atoms with E-state index in [0.29, 0.717) is 25.1 Å². The Labute approximate surface area is 123 Å². The molecule has 0 saturated carbocycles. The van der Waals surface area contributed by atoms with Crippen LogP contribution in [0.3, 0.4) is 0 Å². The van der Waals surface area contributed by atoms with Gasteiger partial charge in [-0.2, -0.15) is 0 Å². The van der Waals surface area contributed by atoms with Gasteiger partial charge in [-0.1, -0.05) is 18.2 Å². The molecule has 0 saturated heterocycles. The van der Waals surface area contributed by atoms with Crippen molar-refractivity contribution in [3.63, 3.8) is 0 Å². The number of rotatable bonds is 6. The SMILES string of the molecule is CCOc1cccc(NC(=O)CCc2ccc(F)cc2)c1. The van der Waals surface area contributed by atoms with Crippen LogP contribution in [0.5, 0.6) is 5.75 Å². The van der Waals surface area contributed by atoms with Crippen LogP contribution in [0.1, 0.15) is 18.9 Å². The summed E-state index contributed by atoms with van der Waals surface area (Å²) in [7, 11) is 0. The normalized spacial score (nSPS) is 10.2. The minimum absolute atomic E-state index is 0.0760. The highest BCUT2D eigenvalue weighted by atomic mass is 19.1. The first-order valence-corrected chi connectivity index (χ1v) is 6.94. The van der Waals surface area contributed by atoms with Crippen molar-refractivity contribution in [2.45, 2.75) is 19.8 Å². The Morgan fingerprint density at radius 2 is 1.95 bits per heavy atom. The monoisotopic (exact) mass is 287 g/mol. The molecule has 4 heteroatoms. The maximum Gasteiger partial charge on any atom is 0.224 e. The molecular weight excluding hydrogens is 269 g/mol. The van der Waals surface area contributed by atoms with Gasteiger partial charge in [0.1, 0.15) is 11.6 Å². The number of aryl methyl sites for hydroxylation is 1. The van der Waals surface area contributed by atoms with E-state index in [1.165, 1.54) is 12.1 Å². The molecule has 3 nitrogen and oxygen atoms in total. The van der Waals surface area contributed by atoms with Crippen LogP contribution in [-0.2, 0) is 11.2 Å². The second kappa shape index (κ2) is 7.43. The Balaban J connectivity index is 1.86. The lowest BCUT2D eigenvalue weighted by atomic mass is 10.1. The summed E-state index contributed by atoms with van der Waals surface area (Å²) in [5.74, 6) is 0.387. The molecule has 0 radical (unpaired) electrons. The van der Waals surface area contributed by atoms with Gasteiger partial charge in [0.15, 0.2) is 0 Å². The maximum absolute atomic E-state index is 12.8. The zero-order valence-corrected chi connectivity index (χ0v) is 11.9. The van der Waals surface area contributed by atoms with E-state index in [1.54, 1.807) is 18.2 Å². The van der Waals surface area contributed by atoms with Crippen LogP contribution in [-0.4, -0.2) is 12.5 Å². The fourth-order valence-electron chi connectivity index (χ4n) is 1.96. The van der Waals surface area contributed by atoms with E-state index in [2.05, 4.69) is 5.32 Å². The van der Waals surface area contributed by atoms with E-state index in [0.717, 1.165) is 11.3 Å². The molecule has 0 bridgehead atoms. The molecule has 0 fully saturated rings. The molecule has 0 heterocycles. The van der Waals surface area contributed by atoms with Crippen LogP contribution in [0.15, 0.2) is 48.5 Å². The molecule has 21 heavy (non-hydrogen) atoms. The number of hydrogen-bond acceptors (Lipinski definition) is 2. The lowest BCUT2D eigenvalue weighted by molar-refractivity contribution is -0.116. The van der Waals surface area contributed by atoms with Gasteiger partial charge in [0.2, 0.25) is 5.91 Å². The molecule has 0 aromatic heterocycles. The van der Waals surface area contributed by atoms with Gasteiger partial charge in [-0.05, 0) is 43.2 Å². The number of ether oxygens (including phenoxy) is 1. The lowest BCUT2D eigenvalue weighted by Gasteiger charge is -2.08. The van der Waals surface area contributed by atoms with Crippen LogP contribution in [0.2, 0.25) is 0 Å². The number of carbonyl (C=O) groups is 1. The van der Waals surface area contributed by atoms with E-state index in [9.17, 15) is 9.18 Å². The first-order valence-electron chi connectivity index (χ1n) is 6.94.